The average Bonchev–Trinajstić information content (AvgIpc) is 2.65. The van der Waals surface area contributed by atoms with E-state index in [0.29, 0.717) is 12.8 Å². The van der Waals surface area contributed by atoms with Gasteiger partial charge < -0.3 is 5.32 Å². The van der Waals surface area contributed by atoms with E-state index in [0.717, 1.165) is 36.5 Å². The van der Waals surface area contributed by atoms with Crippen LogP contribution >= 0.6 is 0 Å². The van der Waals surface area contributed by atoms with Crippen molar-refractivity contribution in [2.45, 2.75) is 25.3 Å². The van der Waals surface area contributed by atoms with Crippen LogP contribution in [0.25, 0.3) is 0 Å². The Balaban J connectivity index is 1.96. The molecular weight excluding hydrogens is 266 g/mol. The van der Waals surface area contributed by atoms with Crippen LogP contribution in [-0.2, 0) is 0 Å². The lowest BCUT2D eigenvalue weighted by Gasteiger charge is -2.24. The van der Waals surface area contributed by atoms with Gasteiger partial charge in [0.25, 0.3) is 11.8 Å². The first-order chi connectivity index (χ1) is 9.59. The van der Waals surface area contributed by atoms with E-state index in [1.807, 2.05) is 0 Å². The normalized spacial score (nSPS) is 22.9. The summed E-state index contributed by atoms with van der Waals surface area (Å²) in [5.74, 6) is -3.24. The molecule has 20 heavy (non-hydrogen) atoms. The molecule has 1 aromatic rings. The zero-order valence-electron chi connectivity index (χ0n) is 10.8. The predicted octanol–water partition coefficient (Wildman–Crippen LogP) is 1.70. The summed E-state index contributed by atoms with van der Waals surface area (Å²) in [5, 5.41) is 3.20. The molecule has 2 aliphatic rings. The number of imide groups is 1. The predicted molar refractivity (Wildman–Crippen MR) is 67.4 cm³/mol. The number of nitrogens with one attached hydrogen (secondary N) is 1. The number of nitrogens with zero attached hydrogens (tertiary/aromatic N) is 1. The Hall–Kier alpha value is -1.82. The maximum atomic E-state index is 13.2. The number of halogens is 2. The van der Waals surface area contributed by atoms with Gasteiger partial charge in [-0.1, -0.05) is 0 Å². The van der Waals surface area contributed by atoms with Gasteiger partial charge in [0, 0.05) is 6.04 Å². The Morgan fingerprint density at radius 1 is 1.00 bits per heavy atom. The van der Waals surface area contributed by atoms with Gasteiger partial charge in [0.2, 0.25) is 0 Å². The second-order valence-corrected chi connectivity index (χ2v) is 5.13. The largest absolute Gasteiger partial charge is 0.317 e. The van der Waals surface area contributed by atoms with Gasteiger partial charge in [0.05, 0.1) is 11.1 Å². The first kappa shape index (κ1) is 13.2. The molecular formula is C14H14F2N2O2. The SMILES string of the molecule is O=C1c2cc(F)c(F)cc2C(=O)N1C1CCCNCC1. The summed E-state index contributed by atoms with van der Waals surface area (Å²) in [4.78, 5) is 25.7. The number of benzene rings is 1. The van der Waals surface area contributed by atoms with E-state index in [1.165, 1.54) is 0 Å². The molecule has 0 bridgehead atoms. The molecule has 106 valence electrons. The fourth-order valence-corrected chi connectivity index (χ4v) is 2.84. The Morgan fingerprint density at radius 2 is 1.60 bits per heavy atom. The summed E-state index contributed by atoms with van der Waals surface area (Å²) in [6.45, 7) is 1.57. The van der Waals surface area contributed by atoms with Gasteiger partial charge in [0.1, 0.15) is 0 Å². The van der Waals surface area contributed by atoms with E-state index < -0.39 is 23.4 Å². The first-order valence-corrected chi connectivity index (χ1v) is 6.67. The van der Waals surface area contributed by atoms with Crippen molar-refractivity contribution >= 4 is 11.8 Å². The van der Waals surface area contributed by atoms with Crippen molar-refractivity contribution in [2.75, 3.05) is 13.1 Å². The standard InChI is InChI=1S/C14H14F2N2O2/c15-11-6-9-10(7-12(11)16)14(20)18(13(9)19)8-2-1-4-17-5-3-8/h6-8,17H,1-5H2. The van der Waals surface area contributed by atoms with Gasteiger partial charge in [-0.05, 0) is 44.5 Å². The zero-order valence-corrected chi connectivity index (χ0v) is 10.8. The molecule has 0 saturated carbocycles. The second kappa shape index (κ2) is 4.94. The van der Waals surface area contributed by atoms with Crippen LogP contribution in [0, 0.1) is 11.6 Å². The van der Waals surface area contributed by atoms with Gasteiger partial charge in [-0.25, -0.2) is 8.78 Å². The molecule has 2 aliphatic heterocycles. The third kappa shape index (κ3) is 2.00. The molecule has 0 aliphatic carbocycles. The molecule has 1 fully saturated rings. The fourth-order valence-electron chi connectivity index (χ4n) is 2.84. The molecule has 0 aromatic heterocycles. The van der Waals surface area contributed by atoms with Crippen LogP contribution in [-0.4, -0.2) is 35.8 Å². The summed E-state index contributed by atoms with van der Waals surface area (Å²) < 4.78 is 26.5. The van der Waals surface area contributed by atoms with E-state index in [9.17, 15) is 18.4 Å². The van der Waals surface area contributed by atoms with E-state index >= 15 is 0 Å². The van der Waals surface area contributed by atoms with Gasteiger partial charge in [-0.15, -0.1) is 0 Å². The number of carbonyl (C=O) groups excluding carboxylic acids is 2. The summed E-state index contributed by atoms with van der Waals surface area (Å²) in [6.07, 6.45) is 2.24. The molecule has 4 nitrogen and oxygen atoms in total. The van der Waals surface area contributed by atoms with Crippen LogP contribution in [0.15, 0.2) is 12.1 Å². The molecule has 3 rings (SSSR count). The highest BCUT2D eigenvalue weighted by molar-refractivity contribution is 6.21. The minimum atomic E-state index is -1.10. The van der Waals surface area contributed by atoms with Gasteiger partial charge in [-0.2, -0.15) is 0 Å². The average molecular weight is 280 g/mol. The van der Waals surface area contributed by atoms with Crippen LogP contribution in [0.1, 0.15) is 40.0 Å². The lowest BCUT2D eigenvalue weighted by Crippen LogP contribution is -2.40. The molecule has 1 unspecified atom stereocenters. The highest BCUT2D eigenvalue weighted by Gasteiger charge is 2.40. The Kier molecular flexibility index (Phi) is 3.25. The lowest BCUT2D eigenvalue weighted by atomic mass is 10.1. The summed E-state index contributed by atoms with van der Waals surface area (Å²) >= 11 is 0. The maximum absolute atomic E-state index is 13.2. The van der Waals surface area contributed by atoms with Crippen molar-refractivity contribution in [3.05, 3.63) is 34.9 Å². The summed E-state index contributed by atoms with van der Waals surface area (Å²) in [6, 6.07) is 1.43. The van der Waals surface area contributed by atoms with Crippen molar-refractivity contribution in [2.24, 2.45) is 0 Å². The number of carbonyl (C=O) groups is 2. The van der Waals surface area contributed by atoms with Crippen molar-refractivity contribution in [3.8, 4) is 0 Å². The molecule has 6 heteroatoms. The quantitative estimate of drug-likeness (QED) is 0.797. The molecule has 2 amide bonds. The van der Waals surface area contributed by atoms with Crippen LogP contribution in [0.2, 0.25) is 0 Å². The first-order valence-electron chi connectivity index (χ1n) is 6.67. The fraction of sp³-hybridized carbons (Fsp3) is 0.429. The third-order valence-electron chi connectivity index (χ3n) is 3.87. The zero-order chi connectivity index (χ0) is 14.3. The van der Waals surface area contributed by atoms with Gasteiger partial charge in [-0.3, -0.25) is 14.5 Å². The number of rotatable bonds is 1. The highest BCUT2D eigenvalue weighted by Crippen LogP contribution is 2.29. The highest BCUT2D eigenvalue weighted by atomic mass is 19.2. The van der Waals surface area contributed by atoms with Crippen molar-refractivity contribution in [1.82, 2.24) is 10.2 Å². The number of hydrogen-bond donors (Lipinski definition) is 1. The van der Waals surface area contributed by atoms with Crippen molar-refractivity contribution in [1.29, 1.82) is 0 Å². The number of amides is 2. The van der Waals surface area contributed by atoms with E-state index in [1.54, 1.807) is 0 Å². The van der Waals surface area contributed by atoms with Crippen LogP contribution in [0.4, 0.5) is 8.78 Å². The molecule has 1 N–H and O–H groups in total. The Morgan fingerprint density at radius 3 is 2.20 bits per heavy atom. The third-order valence-corrected chi connectivity index (χ3v) is 3.87. The van der Waals surface area contributed by atoms with E-state index in [2.05, 4.69) is 5.32 Å². The summed E-state index contributed by atoms with van der Waals surface area (Å²) in [7, 11) is 0. The van der Waals surface area contributed by atoms with Gasteiger partial charge in [0.15, 0.2) is 11.6 Å². The minimum Gasteiger partial charge on any atom is -0.317 e. The van der Waals surface area contributed by atoms with Crippen LogP contribution < -0.4 is 5.32 Å². The van der Waals surface area contributed by atoms with Crippen molar-refractivity contribution < 1.29 is 18.4 Å². The topological polar surface area (TPSA) is 49.4 Å². The Bertz CT molecular complexity index is 540. The summed E-state index contributed by atoms with van der Waals surface area (Å²) in [5.41, 5.74) is -0.0720. The van der Waals surface area contributed by atoms with Crippen LogP contribution in [0.3, 0.4) is 0 Å². The van der Waals surface area contributed by atoms with Gasteiger partial charge >= 0.3 is 0 Å². The van der Waals surface area contributed by atoms with E-state index in [4.69, 9.17) is 0 Å². The monoisotopic (exact) mass is 280 g/mol. The molecule has 0 spiro atoms. The lowest BCUT2D eigenvalue weighted by molar-refractivity contribution is 0.0572. The minimum absolute atomic E-state index is 0.0360. The molecule has 1 saturated heterocycles. The van der Waals surface area contributed by atoms with Crippen molar-refractivity contribution in [3.63, 3.8) is 0 Å². The molecule has 2 heterocycles. The molecule has 1 aromatic carbocycles. The number of fused-ring (bicyclic) bond motifs is 1. The molecule has 1 atom stereocenters. The smallest absolute Gasteiger partial charge is 0.261 e. The number of hydrogen-bond acceptors (Lipinski definition) is 3. The molecule has 0 radical (unpaired) electrons. The second-order valence-electron chi connectivity index (χ2n) is 5.13. The maximum Gasteiger partial charge on any atom is 0.261 e. The Labute approximate surface area is 114 Å². The van der Waals surface area contributed by atoms with Crippen LogP contribution in [0.5, 0.6) is 0 Å². The van der Waals surface area contributed by atoms with E-state index in [-0.39, 0.29) is 17.2 Å².